The Morgan fingerprint density at radius 3 is 2.52 bits per heavy atom. The van der Waals surface area contributed by atoms with Gasteiger partial charge in [0.2, 0.25) is 0 Å². The summed E-state index contributed by atoms with van der Waals surface area (Å²) in [5, 5.41) is 3.67. The van der Waals surface area contributed by atoms with Crippen molar-refractivity contribution in [3.8, 4) is 17.2 Å². The molecule has 132 valence electrons. The van der Waals surface area contributed by atoms with E-state index in [1.807, 2.05) is 18.2 Å². The van der Waals surface area contributed by atoms with Gasteiger partial charge in [0.15, 0.2) is 18.1 Å². The summed E-state index contributed by atoms with van der Waals surface area (Å²) in [6.07, 6.45) is 0. The largest absolute Gasteiger partial charge is 0.486 e. The van der Waals surface area contributed by atoms with Gasteiger partial charge in [0.1, 0.15) is 19.0 Å². The van der Waals surface area contributed by atoms with Gasteiger partial charge < -0.3 is 19.5 Å². The second kappa shape index (κ2) is 8.04. The van der Waals surface area contributed by atoms with Gasteiger partial charge in [-0.1, -0.05) is 40.9 Å². The molecule has 0 radical (unpaired) electrons. The number of carbonyl (C=O) groups excluding carboxylic acids is 1. The maximum Gasteiger partial charge on any atom is 0.258 e. The summed E-state index contributed by atoms with van der Waals surface area (Å²) in [6.45, 7) is 1.20. The molecule has 25 heavy (non-hydrogen) atoms. The van der Waals surface area contributed by atoms with E-state index in [1.54, 1.807) is 0 Å². The molecule has 1 N–H and O–H groups in total. The minimum Gasteiger partial charge on any atom is -0.486 e. The molecule has 1 aliphatic rings. The zero-order valence-electron chi connectivity index (χ0n) is 13.0. The van der Waals surface area contributed by atoms with Crippen LogP contribution in [0, 0.1) is 0 Å². The summed E-state index contributed by atoms with van der Waals surface area (Å²) in [5.74, 6) is 1.39. The second-order valence-electron chi connectivity index (χ2n) is 5.24. The molecule has 2 aromatic carbocycles. The summed E-state index contributed by atoms with van der Waals surface area (Å²) >= 11 is 17.8. The van der Waals surface area contributed by atoms with E-state index in [9.17, 15) is 4.79 Å². The fraction of sp³-hybridized carbons (Fsp3) is 0.235. The van der Waals surface area contributed by atoms with Gasteiger partial charge in [0.05, 0.1) is 15.1 Å². The lowest BCUT2D eigenvalue weighted by atomic mass is 10.2. The Morgan fingerprint density at radius 1 is 1.00 bits per heavy atom. The van der Waals surface area contributed by atoms with Crippen LogP contribution in [-0.4, -0.2) is 25.7 Å². The Morgan fingerprint density at radius 2 is 1.72 bits per heavy atom. The smallest absolute Gasteiger partial charge is 0.258 e. The molecule has 0 spiro atoms. The van der Waals surface area contributed by atoms with Gasteiger partial charge in [0, 0.05) is 12.6 Å². The zero-order valence-corrected chi connectivity index (χ0v) is 15.2. The van der Waals surface area contributed by atoms with Crippen molar-refractivity contribution in [3.63, 3.8) is 0 Å². The van der Waals surface area contributed by atoms with Crippen LogP contribution in [0.25, 0.3) is 0 Å². The van der Waals surface area contributed by atoms with Gasteiger partial charge in [-0.15, -0.1) is 0 Å². The summed E-state index contributed by atoms with van der Waals surface area (Å²) in [6, 6.07) is 8.46. The maximum atomic E-state index is 11.9. The van der Waals surface area contributed by atoms with Crippen molar-refractivity contribution >= 4 is 40.7 Å². The Bertz CT molecular complexity index is 798. The fourth-order valence-electron chi connectivity index (χ4n) is 2.21. The summed E-state index contributed by atoms with van der Waals surface area (Å²) in [4.78, 5) is 11.9. The Labute approximate surface area is 159 Å². The van der Waals surface area contributed by atoms with E-state index in [0.29, 0.717) is 47.1 Å². The van der Waals surface area contributed by atoms with Crippen LogP contribution in [0.3, 0.4) is 0 Å². The van der Waals surface area contributed by atoms with Crippen molar-refractivity contribution < 1.29 is 19.0 Å². The Balaban J connectivity index is 1.52. The molecule has 0 saturated heterocycles. The van der Waals surface area contributed by atoms with Gasteiger partial charge >= 0.3 is 0 Å². The lowest BCUT2D eigenvalue weighted by molar-refractivity contribution is -0.123. The number of hydrogen-bond donors (Lipinski definition) is 1. The van der Waals surface area contributed by atoms with Crippen LogP contribution in [0.15, 0.2) is 30.3 Å². The van der Waals surface area contributed by atoms with Gasteiger partial charge in [0.25, 0.3) is 5.91 Å². The highest BCUT2D eigenvalue weighted by molar-refractivity contribution is 6.43. The van der Waals surface area contributed by atoms with Gasteiger partial charge in [-0.3, -0.25) is 4.79 Å². The minimum absolute atomic E-state index is 0.192. The minimum atomic E-state index is -0.294. The van der Waals surface area contributed by atoms with E-state index in [1.165, 1.54) is 12.1 Å². The van der Waals surface area contributed by atoms with Crippen LogP contribution in [0.5, 0.6) is 17.2 Å². The van der Waals surface area contributed by atoms with E-state index < -0.39 is 0 Å². The predicted molar refractivity (Wildman–Crippen MR) is 96.2 cm³/mol. The van der Waals surface area contributed by atoms with Gasteiger partial charge in [-0.2, -0.15) is 0 Å². The third-order valence-corrected chi connectivity index (χ3v) is 4.45. The van der Waals surface area contributed by atoms with E-state index in [4.69, 9.17) is 49.0 Å². The average molecular weight is 403 g/mol. The van der Waals surface area contributed by atoms with Crippen LogP contribution in [-0.2, 0) is 11.3 Å². The van der Waals surface area contributed by atoms with E-state index in [0.717, 1.165) is 5.56 Å². The lowest BCUT2D eigenvalue weighted by Gasteiger charge is -2.19. The molecule has 1 heterocycles. The first kappa shape index (κ1) is 18.0. The topological polar surface area (TPSA) is 56.8 Å². The number of nitrogens with one attached hydrogen (secondary N) is 1. The third-order valence-electron chi connectivity index (χ3n) is 3.43. The number of fused-ring (bicyclic) bond motifs is 1. The number of rotatable bonds is 5. The first-order valence-electron chi connectivity index (χ1n) is 7.45. The second-order valence-corrected chi connectivity index (χ2v) is 6.46. The van der Waals surface area contributed by atoms with Crippen molar-refractivity contribution in [2.45, 2.75) is 6.54 Å². The highest BCUT2D eigenvalue weighted by Crippen LogP contribution is 2.34. The highest BCUT2D eigenvalue weighted by atomic mass is 35.5. The molecule has 3 rings (SSSR count). The molecule has 1 aliphatic heterocycles. The standard InChI is InChI=1S/C17H14Cl3NO4/c18-11-6-13(20)15(7-12(11)19)25-9-17(22)21-8-10-1-2-14-16(5-10)24-4-3-23-14/h1-2,5-7H,3-4,8-9H2,(H,21,22). The van der Waals surface area contributed by atoms with Crippen molar-refractivity contribution in [1.29, 1.82) is 0 Å². The molecule has 0 unspecified atom stereocenters. The first-order valence-corrected chi connectivity index (χ1v) is 8.59. The monoisotopic (exact) mass is 401 g/mol. The van der Waals surface area contributed by atoms with E-state index in [2.05, 4.69) is 5.32 Å². The van der Waals surface area contributed by atoms with Crippen molar-refractivity contribution in [1.82, 2.24) is 5.32 Å². The van der Waals surface area contributed by atoms with Gasteiger partial charge in [-0.25, -0.2) is 0 Å². The molecule has 5 nitrogen and oxygen atoms in total. The molecule has 0 bridgehead atoms. The molecule has 1 amide bonds. The molecule has 8 heteroatoms. The third kappa shape index (κ3) is 4.63. The molecule has 0 atom stereocenters. The number of hydrogen-bond acceptors (Lipinski definition) is 4. The number of benzene rings is 2. The zero-order chi connectivity index (χ0) is 17.8. The number of ether oxygens (including phenoxy) is 3. The normalized spacial score (nSPS) is 12.6. The average Bonchev–Trinajstić information content (AvgIpc) is 2.61. The highest BCUT2D eigenvalue weighted by Gasteiger charge is 2.13. The molecule has 0 aliphatic carbocycles. The number of halogens is 3. The summed E-state index contributed by atoms with van der Waals surface area (Å²) < 4.78 is 16.3. The number of carbonyl (C=O) groups is 1. The Kier molecular flexibility index (Phi) is 5.78. The quantitative estimate of drug-likeness (QED) is 0.765. The molecule has 0 saturated carbocycles. The van der Waals surface area contributed by atoms with Gasteiger partial charge in [-0.05, 0) is 23.8 Å². The molecular formula is C17H14Cl3NO4. The van der Waals surface area contributed by atoms with E-state index in [-0.39, 0.29) is 17.5 Å². The van der Waals surface area contributed by atoms with Crippen molar-refractivity contribution in [2.24, 2.45) is 0 Å². The molecule has 0 aromatic heterocycles. The van der Waals surface area contributed by atoms with Crippen LogP contribution in [0.2, 0.25) is 15.1 Å². The maximum absolute atomic E-state index is 11.9. The van der Waals surface area contributed by atoms with Crippen molar-refractivity contribution in [2.75, 3.05) is 19.8 Å². The van der Waals surface area contributed by atoms with Crippen LogP contribution in [0.4, 0.5) is 0 Å². The summed E-state index contributed by atoms with van der Waals surface area (Å²) in [5.41, 5.74) is 0.894. The first-order chi connectivity index (χ1) is 12.0. The van der Waals surface area contributed by atoms with Crippen molar-refractivity contribution in [3.05, 3.63) is 51.0 Å². The predicted octanol–water partition coefficient (Wildman–Crippen LogP) is 4.11. The molecule has 0 fully saturated rings. The summed E-state index contributed by atoms with van der Waals surface area (Å²) in [7, 11) is 0. The molecular weight excluding hydrogens is 389 g/mol. The SMILES string of the molecule is O=C(COc1cc(Cl)c(Cl)cc1Cl)NCc1ccc2c(c1)OCCO2. The fourth-order valence-corrected chi connectivity index (χ4v) is 2.80. The van der Waals surface area contributed by atoms with Crippen LogP contribution >= 0.6 is 34.8 Å². The Hall–Kier alpha value is -1.82. The number of amides is 1. The van der Waals surface area contributed by atoms with Crippen LogP contribution in [0.1, 0.15) is 5.56 Å². The van der Waals surface area contributed by atoms with Crippen LogP contribution < -0.4 is 19.5 Å². The molecule has 2 aromatic rings. The van der Waals surface area contributed by atoms with E-state index >= 15 is 0 Å². The lowest BCUT2D eigenvalue weighted by Crippen LogP contribution is -2.28.